The largest absolute Gasteiger partial charge is 0.493 e. The molecule has 4 rings (SSSR count). The number of aromatic carboxylic acids is 1. The zero-order chi connectivity index (χ0) is 28.1. The minimum absolute atomic E-state index is 0.0249. The number of amides is 2. The third-order valence-electron chi connectivity index (χ3n) is 5.80. The van der Waals surface area contributed by atoms with Gasteiger partial charge in [0.1, 0.15) is 12.2 Å². The number of carbonyl (C=O) groups excluding carboxylic acids is 2. The highest BCUT2D eigenvalue weighted by atomic mass is 79.9. The Hall–Kier alpha value is -4.28. The summed E-state index contributed by atoms with van der Waals surface area (Å²) in [4.78, 5) is 38.7. The topological polar surface area (TPSA) is 105 Å². The molecule has 1 aliphatic rings. The van der Waals surface area contributed by atoms with Gasteiger partial charge in [-0.2, -0.15) is 0 Å². The lowest BCUT2D eigenvalue weighted by atomic mass is 10.0. The van der Waals surface area contributed by atoms with Crippen LogP contribution in [0, 0.1) is 0 Å². The molecule has 1 aliphatic heterocycles. The molecule has 0 radical (unpaired) electrons. The third-order valence-corrected chi connectivity index (χ3v) is 6.61. The quantitative estimate of drug-likeness (QED) is 0.147. The lowest BCUT2D eigenvalue weighted by Gasteiger charge is -2.29. The molecule has 10 heteroatoms. The maximum atomic E-state index is 13.4. The average molecular weight is 607 g/mol. The van der Waals surface area contributed by atoms with E-state index in [4.69, 9.17) is 21.7 Å². The molecule has 2 amide bonds. The van der Waals surface area contributed by atoms with E-state index >= 15 is 0 Å². The van der Waals surface area contributed by atoms with Crippen LogP contribution in [-0.2, 0) is 22.6 Å². The van der Waals surface area contributed by atoms with E-state index in [1.54, 1.807) is 18.2 Å². The van der Waals surface area contributed by atoms with Crippen molar-refractivity contribution in [2.45, 2.75) is 13.0 Å². The monoisotopic (exact) mass is 606 g/mol. The van der Waals surface area contributed by atoms with Crippen molar-refractivity contribution in [3.05, 3.63) is 106 Å². The second-order valence-corrected chi connectivity index (χ2v) is 9.74. The van der Waals surface area contributed by atoms with E-state index in [-0.39, 0.29) is 21.9 Å². The predicted molar refractivity (Wildman–Crippen MR) is 155 cm³/mol. The average Bonchev–Trinajstić information content (AvgIpc) is 2.91. The Morgan fingerprint density at radius 1 is 1.15 bits per heavy atom. The zero-order valence-corrected chi connectivity index (χ0v) is 23.2. The van der Waals surface area contributed by atoms with Crippen LogP contribution in [0.25, 0.3) is 6.08 Å². The van der Waals surface area contributed by atoms with Gasteiger partial charge < -0.3 is 14.6 Å². The molecule has 0 spiro atoms. The van der Waals surface area contributed by atoms with Gasteiger partial charge in [-0.1, -0.05) is 40.2 Å². The van der Waals surface area contributed by atoms with Crippen LogP contribution in [0.4, 0.5) is 5.69 Å². The lowest BCUT2D eigenvalue weighted by Crippen LogP contribution is -2.54. The molecular weight excluding hydrogens is 584 g/mol. The first-order chi connectivity index (χ1) is 18.7. The molecule has 39 heavy (non-hydrogen) atoms. The minimum atomic E-state index is -1.16. The first kappa shape index (κ1) is 27.7. The number of allylic oxidation sites excluding steroid dienone is 1. The molecule has 0 saturated carbocycles. The second kappa shape index (κ2) is 12.1. The van der Waals surface area contributed by atoms with E-state index in [1.165, 1.54) is 37.5 Å². The van der Waals surface area contributed by atoms with E-state index < -0.39 is 17.8 Å². The molecule has 1 saturated heterocycles. The van der Waals surface area contributed by atoms with Gasteiger partial charge >= 0.3 is 5.97 Å². The summed E-state index contributed by atoms with van der Waals surface area (Å²) in [5, 5.41) is 11.7. The standard InChI is InChI=1S/C29H23BrN2O6S/c1-3-5-19-12-18(14-24(37-2)25(19)38-16-17-8-10-21(30)11-9-17)13-23-26(33)31-29(39)32(27(23)34)22-7-4-6-20(15-22)28(35)36/h3-4,6-15H,1,5,16H2,2H3,(H,35,36)(H,31,33,39). The van der Waals surface area contributed by atoms with Crippen molar-refractivity contribution in [1.29, 1.82) is 0 Å². The number of nitrogens with zero attached hydrogens (tertiary/aromatic N) is 1. The number of anilines is 1. The molecular formula is C29H23BrN2O6S. The number of nitrogens with one attached hydrogen (secondary N) is 1. The van der Waals surface area contributed by atoms with Crippen molar-refractivity contribution in [2.24, 2.45) is 0 Å². The summed E-state index contributed by atoms with van der Waals surface area (Å²) in [6, 6.07) is 16.9. The molecule has 0 aliphatic carbocycles. The fourth-order valence-electron chi connectivity index (χ4n) is 3.96. The van der Waals surface area contributed by atoms with Gasteiger partial charge in [0.2, 0.25) is 0 Å². The maximum Gasteiger partial charge on any atom is 0.335 e. The number of carboxylic acids is 1. The summed E-state index contributed by atoms with van der Waals surface area (Å²) >= 11 is 8.65. The van der Waals surface area contributed by atoms with Gasteiger partial charge in [-0.05, 0) is 78.3 Å². The van der Waals surface area contributed by atoms with Crippen molar-refractivity contribution in [2.75, 3.05) is 12.0 Å². The molecule has 0 aromatic heterocycles. The zero-order valence-electron chi connectivity index (χ0n) is 20.8. The predicted octanol–water partition coefficient (Wildman–Crippen LogP) is 5.29. The Labute approximate surface area is 238 Å². The number of rotatable bonds is 9. The number of carbonyl (C=O) groups is 3. The molecule has 8 nitrogen and oxygen atoms in total. The minimum Gasteiger partial charge on any atom is -0.493 e. The molecule has 0 unspecified atom stereocenters. The summed E-state index contributed by atoms with van der Waals surface area (Å²) in [6.07, 6.45) is 3.59. The molecule has 3 aromatic rings. The number of benzene rings is 3. The Morgan fingerprint density at radius 3 is 2.56 bits per heavy atom. The second-order valence-electron chi connectivity index (χ2n) is 8.43. The molecule has 2 N–H and O–H groups in total. The normalized spacial score (nSPS) is 14.3. The van der Waals surface area contributed by atoms with Crippen LogP contribution in [0.3, 0.4) is 0 Å². The number of carboxylic acid groups (broad SMARTS) is 1. The molecule has 3 aromatic carbocycles. The smallest absolute Gasteiger partial charge is 0.335 e. The Balaban J connectivity index is 1.70. The molecule has 198 valence electrons. The van der Waals surface area contributed by atoms with E-state index in [2.05, 4.69) is 27.8 Å². The van der Waals surface area contributed by atoms with Crippen LogP contribution < -0.4 is 19.7 Å². The van der Waals surface area contributed by atoms with E-state index in [0.717, 1.165) is 20.5 Å². The SMILES string of the molecule is C=CCc1cc(C=C2C(=O)NC(=S)N(c3cccc(C(=O)O)c3)C2=O)cc(OC)c1OCc1ccc(Br)cc1. The molecule has 1 heterocycles. The van der Waals surface area contributed by atoms with Crippen molar-refractivity contribution in [3.63, 3.8) is 0 Å². The summed E-state index contributed by atoms with van der Waals surface area (Å²) < 4.78 is 12.7. The highest BCUT2D eigenvalue weighted by Gasteiger charge is 2.35. The fraction of sp³-hybridized carbons (Fsp3) is 0.103. The maximum absolute atomic E-state index is 13.4. The molecule has 0 atom stereocenters. The van der Waals surface area contributed by atoms with Crippen molar-refractivity contribution < 1.29 is 29.0 Å². The Morgan fingerprint density at radius 2 is 1.90 bits per heavy atom. The third kappa shape index (κ3) is 6.24. The van der Waals surface area contributed by atoms with Gasteiger partial charge in [0.15, 0.2) is 16.6 Å². The van der Waals surface area contributed by atoms with Crippen LogP contribution in [0.15, 0.2) is 83.4 Å². The van der Waals surface area contributed by atoms with Gasteiger partial charge in [0, 0.05) is 10.0 Å². The molecule has 1 fully saturated rings. The van der Waals surface area contributed by atoms with Crippen LogP contribution in [0.5, 0.6) is 11.5 Å². The number of ether oxygens (including phenoxy) is 2. The first-order valence-corrected chi connectivity index (χ1v) is 12.9. The van der Waals surface area contributed by atoms with Crippen molar-refractivity contribution >= 4 is 62.8 Å². The Bertz CT molecular complexity index is 1520. The van der Waals surface area contributed by atoms with Gasteiger partial charge in [-0.3, -0.25) is 19.8 Å². The number of halogens is 1. The summed E-state index contributed by atoms with van der Waals surface area (Å²) in [5.74, 6) is -1.57. The Kier molecular flexibility index (Phi) is 8.58. The van der Waals surface area contributed by atoms with E-state index in [1.807, 2.05) is 24.3 Å². The highest BCUT2D eigenvalue weighted by Crippen LogP contribution is 2.35. The summed E-state index contributed by atoms with van der Waals surface area (Å²) in [5.41, 5.74) is 2.24. The fourth-order valence-corrected chi connectivity index (χ4v) is 4.51. The number of hydrogen-bond acceptors (Lipinski definition) is 6. The van der Waals surface area contributed by atoms with Gasteiger partial charge in [0.05, 0.1) is 18.4 Å². The summed E-state index contributed by atoms with van der Waals surface area (Å²) in [6.45, 7) is 4.13. The number of thiocarbonyl (C=S) groups is 1. The number of hydrogen-bond donors (Lipinski definition) is 2. The van der Waals surface area contributed by atoms with E-state index in [0.29, 0.717) is 30.1 Å². The van der Waals surface area contributed by atoms with Gasteiger partial charge in [-0.15, -0.1) is 6.58 Å². The van der Waals surface area contributed by atoms with Gasteiger partial charge in [-0.25, -0.2) is 4.79 Å². The highest BCUT2D eigenvalue weighted by molar-refractivity contribution is 9.10. The van der Waals surface area contributed by atoms with E-state index in [9.17, 15) is 19.5 Å². The van der Waals surface area contributed by atoms with Crippen LogP contribution in [0.2, 0.25) is 0 Å². The van der Waals surface area contributed by atoms with Crippen LogP contribution >= 0.6 is 28.1 Å². The van der Waals surface area contributed by atoms with Crippen LogP contribution in [0.1, 0.15) is 27.0 Å². The lowest BCUT2D eigenvalue weighted by molar-refractivity contribution is -0.122. The molecule has 0 bridgehead atoms. The number of methoxy groups -OCH3 is 1. The van der Waals surface area contributed by atoms with Gasteiger partial charge in [0.25, 0.3) is 11.8 Å². The van der Waals surface area contributed by atoms with Crippen molar-refractivity contribution in [1.82, 2.24) is 5.32 Å². The van der Waals surface area contributed by atoms with Crippen molar-refractivity contribution in [3.8, 4) is 11.5 Å². The first-order valence-electron chi connectivity index (χ1n) is 11.7. The van der Waals surface area contributed by atoms with Crippen LogP contribution in [-0.4, -0.2) is 35.1 Å². The summed E-state index contributed by atoms with van der Waals surface area (Å²) in [7, 11) is 1.50.